The Balaban J connectivity index is 2.04. The molecule has 0 N–H and O–H groups in total. The molecule has 0 aliphatic carbocycles. The Morgan fingerprint density at radius 2 is 2.00 bits per heavy atom. The van der Waals surface area contributed by atoms with E-state index in [4.69, 9.17) is 11.2 Å². The Morgan fingerprint density at radius 1 is 1.23 bits per heavy atom. The van der Waals surface area contributed by atoms with Gasteiger partial charge in [-0.1, -0.05) is 23.3 Å². The van der Waals surface area contributed by atoms with Gasteiger partial charge in [0.05, 0.1) is 12.2 Å². The van der Waals surface area contributed by atoms with Gasteiger partial charge in [-0.3, -0.25) is 0 Å². The van der Waals surface area contributed by atoms with Gasteiger partial charge in [-0.2, -0.15) is 0 Å². The van der Waals surface area contributed by atoms with E-state index in [2.05, 4.69) is 26.4 Å². The van der Waals surface area contributed by atoms with Crippen molar-refractivity contribution >= 4 is 11.0 Å². The zero-order chi connectivity index (χ0) is 15.5. The number of aromatic nitrogens is 5. The molecule has 0 aliphatic heterocycles. The first-order valence-corrected chi connectivity index (χ1v) is 6.56. The van der Waals surface area contributed by atoms with Crippen LogP contribution in [-0.2, 0) is 6.54 Å². The Morgan fingerprint density at radius 3 is 2.73 bits per heavy atom. The number of nitrogens with zero attached hydrogens (tertiary/aromatic N) is 5. The maximum atomic E-state index is 13.0. The van der Waals surface area contributed by atoms with Crippen molar-refractivity contribution in [2.45, 2.75) is 13.5 Å². The fraction of sp³-hybridized carbons (Fsp3) is 0.200. The molecule has 3 aromatic rings. The zero-order valence-electron chi connectivity index (χ0n) is 11.8. The lowest BCUT2D eigenvalue weighted by molar-refractivity contribution is 0.353. The summed E-state index contributed by atoms with van der Waals surface area (Å²) in [6.45, 7) is 2.28. The highest BCUT2D eigenvalue weighted by Crippen LogP contribution is 2.23. The van der Waals surface area contributed by atoms with Gasteiger partial charge in [0.15, 0.2) is 12.1 Å². The van der Waals surface area contributed by atoms with Crippen LogP contribution in [0.4, 0.5) is 4.39 Å². The van der Waals surface area contributed by atoms with Crippen molar-refractivity contribution in [3.05, 3.63) is 41.3 Å². The minimum atomic E-state index is -0.285. The van der Waals surface area contributed by atoms with Crippen LogP contribution in [0.25, 0.3) is 11.0 Å². The third-order valence-electron chi connectivity index (χ3n) is 3.11. The van der Waals surface area contributed by atoms with Crippen molar-refractivity contribution in [3.8, 4) is 18.2 Å². The van der Waals surface area contributed by atoms with E-state index in [1.165, 1.54) is 12.1 Å². The van der Waals surface area contributed by atoms with Crippen LogP contribution in [0.5, 0.6) is 5.88 Å². The van der Waals surface area contributed by atoms with E-state index in [1.807, 2.05) is 0 Å². The molecule has 0 aliphatic rings. The molecule has 22 heavy (non-hydrogen) atoms. The van der Waals surface area contributed by atoms with Crippen LogP contribution in [0.2, 0.25) is 0 Å². The molecule has 0 fully saturated rings. The Labute approximate surface area is 125 Å². The van der Waals surface area contributed by atoms with E-state index >= 15 is 0 Å². The molecule has 6 nitrogen and oxygen atoms in total. The highest BCUT2D eigenvalue weighted by atomic mass is 19.1. The molecule has 0 radical (unpaired) electrons. The molecular weight excluding hydrogens is 285 g/mol. The van der Waals surface area contributed by atoms with Gasteiger partial charge in [0, 0.05) is 0 Å². The van der Waals surface area contributed by atoms with E-state index < -0.39 is 0 Å². The summed E-state index contributed by atoms with van der Waals surface area (Å²) >= 11 is 0. The van der Waals surface area contributed by atoms with Crippen molar-refractivity contribution in [1.82, 2.24) is 25.2 Å². The van der Waals surface area contributed by atoms with E-state index in [0.29, 0.717) is 23.3 Å². The predicted octanol–water partition coefficient (Wildman–Crippen LogP) is 1.73. The molecule has 110 valence electrons. The molecule has 0 bridgehead atoms. The van der Waals surface area contributed by atoms with Gasteiger partial charge in [-0.15, -0.1) is 21.7 Å². The summed E-state index contributed by atoms with van der Waals surface area (Å²) in [4.78, 5) is 0. The Hall–Kier alpha value is -3.01. The highest BCUT2D eigenvalue weighted by Gasteiger charge is 2.16. The first-order valence-electron chi connectivity index (χ1n) is 6.56. The lowest BCUT2D eigenvalue weighted by atomic mass is 10.2. The van der Waals surface area contributed by atoms with Gasteiger partial charge in [0.25, 0.3) is 5.88 Å². The van der Waals surface area contributed by atoms with Gasteiger partial charge < -0.3 is 4.74 Å². The fourth-order valence-electron chi connectivity index (χ4n) is 2.06. The molecule has 2 heterocycles. The average molecular weight is 297 g/mol. The van der Waals surface area contributed by atoms with Crippen LogP contribution in [0.1, 0.15) is 11.3 Å². The maximum absolute atomic E-state index is 13.0. The number of benzene rings is 1. The monoisotopic (exact) mass is 297 g/mol. The molecule has 3 rings (SSSR count). The number of hydrogen-bond donors (Lipinski definition) is 0. The molecular formula is C15H12FN5O. The van der Waals surface area contributed by atoms with Gasteiger partial charge in [0.2, 0.25) is 0 Å². The predicted molar refractivity (Wildman–Crippen MR) is 77.7 cm³/mol. The standard InChI is InChI=1S/C15H12FN5O/c1-3-8-22-15-14-13(10(2)17-19-15)18-20-21(14)9-11-4-6-12(16)7-5-11/h1,4-7H,8-9H2,2H3. The van der Waals surface area contributed by atoms with E-state index in [1.54, 1.807) is 23.7 Å². The summed E-state index contributed by atoms with van der Waals surface area (Å²) in [5.74, 6) is 2.38. The SMILES string of the molecule is C#CCOc1nnc(C)c2nnn(Cc3ccc(F)cc3)c12. The summed E-state index contributed by atoms with van der Waals surface area (Å²) in [6.07, 6.45) is 5.20. The lowest BCUT2D eigenvalue weighted by Crippen LogP contribution is -2.06. The minimum Gasteiger partial charge on any atom is -0.462 e. The van der Waals surface area contributed by atoms with Gasteiger partial charge in [-0.05, 0) is 24.6 Å². The summed E-state index contributed by atoms with van der Waals surface area (Å²) in [7, 11) is 0. The number of fused-ring (bicyclic) bond motifs is 1. The quantitative estimate of drug-likeness (QED) is 0.686. The number of aryl methyl sites for hydroxylation is 1. The van der Waals surface area contributed by atoms with Crippen molar-refractivity contribution in [2.24, 2.45) is 0 Å². The molecule has 0 spiro atoms. The summed E-state index contributed by atoms with van der Waals surface area (Å²) in [5.41, 5.74) is 2.75. The molecule has 0 saturated carbocycles. The molecule has 7 heteroatoms. The Kier molecular flexibility index (Phi) is 3.66. The molecule has 0 atom stereocenters. The maximum Gasteiger partial charge on any atom is 0.262 e. The van der Waals surface area contributed by atoms with Crippen LogP contribution in [-0.4, -0.2) is 31.8 Å². The molecule has 2 aromatic heterocycles. The fourth-order valence-corrected chi connectivity index (χ4v) is 2.06. The molecule has 1 aromatic carbocycles. The van der Waals surface area contributed by atoms with Gasteiger partial charge in [-0.25, -0.2) is 9.07 Å². The number of rotatable bonds is 4. The third kappa shape index (κ3) is 2.59. The smallest absolute Gasteiger partial charge is 0.262 e. The van der Waals surface area contributed by atoms with Crippen LogP contribution in [0, 0.1) is 25.1 Å². The molecule has 0 saturated heterocycles. The minimum absolute atomic E-state index is 0.0779. The number of ether oxygens (including phenoxy) is 1. The molecule has 0 unspecified atom stereocenters. The van der Waals surface area contributed by atoms with Crippen LogP contribution in [0.3, 0.4) is 0 Å². The first kappa shape index (κ1) is 13.9. The lowest BCUT2D eigenvalue weighted by Gasteiger charge is -2.06. The number of hydrogen-bond acceptors (Lipinski definition) is 5. The van der Waals surface area contributed by atoms with Crippen molar-refractivity contribution in [1.29, 1.82) is 0 Å². The first-order chi connectivity index (χ1) is 10.7. The van der Waals surface area contributed by atoms with Crippen LogP contribution < -0.4 is 4.74 Å². The van der Waals surface area contributed by atoms with E-state index in [0.717, 1.165) is 5.56 Å². The largest absolute Gasteiger partial charge is 0.462 e. The average Bonchev–Trinajstić information content (AvgIpc) is 2.94. The van der Waals surface area contributed by atoms with Crippen molar-refractivity contribution < 1.29 is 9.13 Å². The van der Waals surface area contributed by atoms with Gasteiger partial charge >= 0.3 is 0 Å². The summed E-state index contributed by atoms with van der Waals surface area (Å²) in [5, 5.41) is 16.2. The zero-order valence-corrected chi connectivity index (χ0v) is 11.8. The van der Waals surface area contributed by atoms with Crippen LogP contribution >= 0.6 is 0 Å². The molecule has 0 amide bonds. The number of terminal acetylenes is 1. The van der Waals surface area contributed by atoms with Crippen molar-refractivity contribution in [3.63, 3.8) is 0 Å². The number of halogens is 1. The van der Waals surface area contributed by atoms with Gasteiger partial charge in [0.1, 0.15) is 11.3 Å². The normalized spacial score (nSPS) is 10.6. The van der Waals surface area contributed by atoms with Crippen molar-refractivity contribution in [2.75, 3.05) is 6.61 Å². The highest BCUT2D eigenvalue weighted by molar-refractivity contribution is 5.80. The Bertz CT molecular complexity index is 851. The summed E-state index contributed by atoms with van der Waals surface area (Å²) < 4.78 is 20.0. The second-order valence-electron chi connectivity index (χ2n) is 4.65. The third-order valence-corrected chi connectivity index (χ3v) is 3.11. The summed E-state index contributed by atoms with van der Waals surface area (Å²) in [6, 6.07) is 6.17. The van der Waals surface area contributed by atoms with E-state index in [9.17, 15) is 4.39 Å². The second-order valence-corrected chi connectivity index (χ2v) is 4.65. The topological polar surface area (TPSA) is 65.7 Å². The second kappa shape index (κ2) is 5.77. The van der Waals surface area contributed by atoms with Crippen LogP contribution in [0.15, 0.2) is 24.3 Å². The van der Waals surface area contributed by atoms with E-state index in [-0.39, 0.29) is 18.3 Å².